The van der Waals surface area contributed by atoms with Crippen LogP contribution in [0.15, 0.2) is 18.2 Å². The predicted molar refractivity (Wildman–Crippen MR) is 59.8 cm³/mol. The maximum Gasteiger partial charge on any atom is 0.167 e. The molecule has 0 heterocycles. The second-order valence-corrected chi connectivity index (χ2v) is 4.09. The van der Waals surface area contributed by atoms with Crippen LogP contribution in [0, 0.1) is 11.7 Å². The van der Waals surface area contributed by atoms with Gasteiger partial charge in [0.05, 0.1) is 5.02 Å². The van der Waals surface area contributed by atoms with Crippen LogP contribution in [0.25, 0.3) is 0 Å². The Morgan fingerprint density at radius 1 is 1.53 bits per heavy atom. The van der Waals surface area contributed by atoms with Gasteiger partial charge in [-0.05, 0) is 24.6 Å². The average Bonchev–Trinajstić information content (AvgIpc) is 2.17. The summed E-state index contributed by atoms with van der Waals surface area (Å²) in [5, 5.41) is 0.197. The van der Waals surface area contributed by atoms with Crippen LogP contribution in [-0.4, -0.2) is 5.78 Å². The summed E-state index contributed by atoms with van der Waals surface area (Å²) in [6.45, 7) is 3.89. The number of halogens is 2. The molecule has 0 N–H and O–H groups in total. The van der Waals surface area contributed by atoms with Crippen molar-refractivity contribution in [2.75, 3.05) is 0 Å². The summed E-state index contributed by atoms with van der Waals surface area (Å²) in [6.07, 6.45) is 1.78. The van der Waals surface area contributed by atoms with E-state index in [2.05, 4.69) is 0 Å². The van der Waals surface area contributed by atoms with Crippen LogP contribution < -0.4 is 0 Å². The van der Waals surface area contributed by atoms with Crippen molar-refractivity contribution < 1.29 is 9.18 Å². The van der Waals surface area contributed by atoms with Gasteiger partial charge in [0.2, 0.25) is 0 Å². The number of benzene rings is 1. The third-order valence-corrected chi connectivity index (χ3v) is 2.68. The van der Waals surface area contributed by atoms with Gasteiger partial charge in [0.1, 0.15) is 5.82 Å². The highest BCUT2D eigenvalue weighted by Crippen LogP contribution is 2.22. The Morgan fingerprint density at radius 3 is 2.73 bits per heavy atom. The van der Waals surface area contributed by atoms with E-state index in [1.165, 1.54) is 18.2 Å². The lowest BCUT2D eigenvalue weighted by molar-refractivity contribution is 0.0923. The molecule has 0 aliphatic heterocycles. The van der Waals surface area contributed by atoms with E-state index in [0.717, 1.165) is 12.8 Å². The highest BCUT2D eigenvalue weighted by molar-refractivity contribution is 6.34. The minimum atomic E-state index is -0.417. The van der Waals surface area contributed by atoms with E-state index in [0.29, 0.717) is 5.56 Å². The zero-order chi connectivity index (χ0) is 11.4. The van der Waals surface area contributed by atoms with E-state index < -0.39 is 5.82 Å². The van der Waals surface area contributed by atoms with Gasteiger partial charge in [-0.2, -0.15) is 0 Å². The molecule has 0 aliphatic rings. The third kappa shape index (κ3) is 3.03. The van der Waals surface area contributed by atoms with Gasteiger partial charge < -0.3 is 0 Å². The van der Waals surface area contributed by atoms with E-state index >= 15 is 0 Å². The molecular formula is C12H14ClFO. The van der Waals surface area contributed by atoms with Crippen molar-refractivity contribution in [3.8, 4) is 0 Å². The van der Waals surface area contributed by atoms with E-state index in [9.17, 15) is 9.18 Å². The van der Waals surface area contributed by atoms with E-state index in [1.54, 1.807) is 0 Å². The third-order valence-electron chi connectivity index (χ3n) is 2.37. The van der Waals surface area contributed by atoms with Gasteiger partial charge >= 0.3 is 0 Å². The van der Waals surface area contributed by atoms with Gasteiger partial charge in [0.15, 0.2) is 5.78 Å². The minimum absolute atomic E-state index is 0.0122. The van der Waals surface area contributed by atoms with E-state index in [1.807, 2.05) is 13.8 Å². The molecule has 1 atom stereocenters. The Kier molecular flexibility index (Phi) is 4.28. The maximum absolute atomic E-state index is 12.8. The number of hydrogen-bond acceptors (Lipinski definition) is 1. The molecule has 1 unspecified atom stereocenters. The number of carbonyl (C=O) groups excluding carboxylic acids is 1. The van der Waals surface area contributed by atoms with Crippen molar-refractivity contribution in [2.24, 2.45) is 5.92 Å². The summed E-state index contributed by atoms with van der Waals surface area (Å²) in [5.41, 5.74) is 0.416. The Balaban J connectivity index is 2.91. The molecule has 0 saturated heterocycles. The largest absolute Gasteiger partial charge is 0.294 e. The van der Waals surface area contributed by atoms with Crippen LogP contribution in [0.3, 0.4) is 0 Å². The maximum atomic E-state index is 12.8. The van der Waals surface area contributed by atoms with Crippen LogP contribution >= 0.6 is 11.6 Å². The molecule has 82 valence electrons. The number of ketones is 1. The summed E-state index contributed by atoms with van der Waals surface area (Å²) in [7, 11) is 0. The van der Waals surface area contributed by atoms with Crippen LogP contribution in [0.5, 0.6) is 0 Å². The van der Waals surface area contributed by atoms with Gasteiger partial charge in [-0.25, -0.2) is 4.39 Å². The Bertz CT molecular complexity index is 363. The fourth-order valence-corrected chi connectivity index (χ4v) is 1.78. The van der Waals surface area contributed by atoms with Crippen LogP contribution in [0.4, 0.5) is 4.39 Å². The summed E-state index contributed by atoms with van der Waals surface area (Å²) in [4.78, 5) is 11.9. The molecule has 0 radical (unpaired) electrons. The number of rotatable bonds is 4. The molecule has 0 fully saturated rings. The molecule has 0 spiro atoms. The molecule has 0 bridgehead atoms. The Morgan fingerprint density at radius 2 is 2.20 bits per heavy atom. The van der Waals surface area contributed by atoms with Gasteiger partial charge in [-0.3, -0.25) is 4.79 Å². The number of Topliss-reactive ketones (excluding diaryl/α,β-unsaturated/α-hetero) is 1. The molecule has 0 amide bonds. The van der Waals surface area contributed by atoms with Crippen molar-refractivity contribution in [1.29, 1.82) is 0 Å². The summed E-state index contributed by atoms with van der Waals surface area (Å²) < 4.78 is 12.8. The second-order valence-electron chi connectivity index (χ2n) is 3.68. The van der Waals surface area contributed by atoms with E-state index in [4.69, 9.17) is 11.6 Å². The zero-order valence-electron chi connectivity index (χ0n) is 8.89. The lowest BCUT2D eigenvalue weighted by atomic mass is 9.95. The number of carbonyl (C=O) groups is 1. The fraction of sp³-hybridized carbons (Fsp3) is 0.417. The first kappa shape index (κ1) is 12.2. The normalized spacial score (nSPS) is 12.5. The first-order valence-corrected chi connectivity index (χ1v) is 5.43. The van der Waals surface area contributed by atoms with Gasteiger partial charge in [0, 0.05) is 11.5 Å². The lowest BCUT2D eigenvalue weighted by Crippen LogP contribution is -2.11. The average molecular weight is 229 g/mol. The van der Waals surface area contributed by atoms with Crippen molar-refractivity contribution in [2.45, 2.75) is 26.7 Å². The zero-order valence-corrected chi connectivity index (χ0v) is 9.64. The quantitative estimate of drug-likeness (QED) is 0.710. The molecule has 0 saturated carbocycles. The minimum Gasteiger partial charge on any atom is -0.294 e. The smallest absolute Gasteiger partial charge is 0.167 e. The Labute approximate surface area is 94.3 Å². The second kappa shape index (κ2) is 5.26. The standard InChI is InChI=1S/C12H14ClFO/c1-3-4-8(2)12(15)10-6-5-9(14)7-11(10)13/h5-8H,3-4H2,1-2H3. The highest BCUT2D eigenvalue weighted by atomic mass is 35.5. The highest BCUT2D eigenvalue weighted by Gasteiger charge is 2.17. The summed E-state index contributed by atoms with van der Waals surface area (Å²) >= 11 is 5.81. The first-order valence-electron chi connectivity index (χ1n) is 5.05. The Hall–Kier alpha value is -0.890. The predicted octanol–water partition coefficient (Wildman–Crippen LogP) is 4.10. The van der Waals surface area contributed by atoms with Crippen LogP contribution in [0.2, 0.25) is 5.02 Å². The van der Waals surface area contributed by atoms with E-state index in [-0.39, 0.29) is 16.7 Å². The van der Waals surface area contributed by atoms with Crippen LogP contribution in [0.1, 0.15) is 37.0 Å². The molecular weight excluding hydrogens is 215 g/mol. The number of hydrogen-bond donors (Lipinski definition) is 0. The molecule has 0 aromatic heterocycles. The molecule has 1 nitrogen and oxygen atoms in total. The fourth-order valence-electron chi connectivity index (χ4n) is 1.52. The molecule has 1 aromatic rings. The van der Waals surface area contributed by atoms with Crippen molar-refractivity contribution >= 4 is 17.4 Å². The first-order chi connectivity index (χ1) is 7.06. The van der Waals surface area contributed by atoms with Gasteiger partial charge in [-0.15, -0.1) is 0 Å². The summed E-state index contributed by atoms with van der Waals surface area (Å²) in [6, 6.07) is 3.89. The molecule has 1 rings (SSSR count). The van der Waals surface area contributed by atoms with Crippen molar-refractivity contribution in [3.63, 3.8) is 0 Å². The summed E-state index contributed by atoms with van der Waals surface area (Å²) in [5.74, 6) is -0.487. The topological polar surface area (TPSA) is 17.1 Å². The van der Waals surface area contributed by atoms with Crippen LogP contribution in [-0.2, 0) is 0 Å². The monoisotopic (exact) mass is 228 g/mol. The molecule has 1 aromatic carbocycles. The van der Waals surface area contributed by atoms with Crippen molar-refractivity contribution in [1.82, 2.24) is 0 Å². The molecule has 3 heteroatoms. The lowest BCUT2D eigenvalue weighted by Gasteiger charge is -2.10. The van der Waals surface area contributed by atoms with Crippen molar-refractivity contribution in [3.05, 3.63) is 34.6 Å². The van der Waals surface area contributed by atoms with Gasteiger partial charge in [-0.1, -0.05) is 31.9 Å². The molecule has 0 aliphatic carbocycles. The van der Waals surface area contributed by atoms with Gasteiger partial charge in [0.25, 0.3) is 0 Å². The molecule has 15 heavy (non-hydrogen) atoms. The SMILES string of the molecule is CCCC(C)C(=O)c1ccc(F)cc1Cl.